The van der Waals surface area contributed by atoms with E-state index in [-0.39, 0.29) is 17.5 Å². The number of hydrogen-bond donors (Lipinski definition) is 0. The lowest BCUT2D eigenvalue weighted by molar-refractivity contribution is 0.0703. The van der Waals surface area contributed by atoms with Gasteiger partial charge in [-0.1, -0.05) is 36.4 Å². The molecular weight excluding hydrogens is 416 g/mol. The van der Waals surface area contributed by atoms with Crippen molar-refractivity contribution >= 4 is 5.91 Å². The minimum atomic E-state index is -0.181. The van der Waals surface area contributed by atoms with E-state index in [1.54, 1.807) is 22.5 Å². The van der Waals surface area contributed by atoms with Crippen LogP contribution in [-0.4, -0.2) is 48.0 Å². The van der Waals surface area contributed by atoms with Crippen LogP contribution < -0.4 is 5.69 Å². The fourth-order valence-corrected chi connectivity index (χ4v) is 4.56. The van der Waals surface area contributed by atoms with E-state index in [2.05, 4.69) is 10.2 Å². The Morgan fingerprint density at radius 2 is 1.67 bits per heavy atom. The van der Waals surface area contributed by atoms with Crippen LogP contribution in [0.15, 0.2) is 71.7 Å². The van der Waals surface area contributed by atoms with E-state index < -0.39 is 0 Å². The molecule has 5 rings (SSSR count). The van der Waals surface area contributed by atoms with E-state index in [0.717, 1.165) is 29.9 Å². The van der Waals surface area contributed by atoms with Crippen molar-refractivity contribution in [2.24, 2.45) is 7.05 Å². The molecule has 0 radical (unpaired) electrons. The van der Waals surface area contributed by atoms with E-state index in [1.807, 2.05) is 72.5 Å². The van der Waals surface area contributed by atoms with Gasteiger partial charge in [0.25, 0.3) is 5.91 Å². The average molecular weight is 443 g/mol. The Hall–Kier alpha value is -3.94. The first-order valence-corrected chi connectivity index (χ1v) is 11.2. The first kappa shape index (κ1) is 20.9. The van der Waals surface area contributed by atoms with Crippen molar-refractivity contribution in [1.29, 1.82) is 0 Å². The van der Waals surface area contributed by atoms with Crippen molar-refractivity contribution in [1.82, 2.24) is 29.0 Å². The number of nitrogens with zero attached hydrogens (tertiary/aromatic N) is 6. The van der Waals surface area contributed by atoms with Gasteiger partial charge in [0.2, 0.25) is 0 Å². The molecule has 4 aromatic rings. The second-order valence-corrected chi connectivity index (χ2v) is 8.42. The second kappa shape index (κ2) is 8.54. The van der Waals surface area contributed by atoms with Crippen molar-refractivity contribution < 1.29 is 4.79 Å². The Morgan fingerprint density at radius 3 is 2.36 bits per heavy atom. The third-order valence-corrected chi connectivity index (χ3v) is 6.28. The molecule has 168 valence electrons. The van der Waals surface area contributed by atoms with Crippen molar-refractivity contribution in [3.8, 4) is 11.4 Å². The third-order valence-electron chi connectivity index (χ3n) is 6.28. The summed E-state index contributed by atoms with van der Waals surface area (Å²) in [6.07, 6.45) is 3.37. The number of aromatic nitrogens is 5. The number of para-hydroxylation sites is 2. The number of benzene rings is 2. The first-order valence-electron chi connectivity index (χ1n) is 11.2. The van der Waals surface area contributed by atoms with Gasteiger partial charge in [-0.25, -0.2) is 18.7 Å². The summed E-state index contributed by atoms with van der Waals surface area (Å²) in [5.74, 6) is 0.633. The number of aryl methyl sites for hydroxylation is 1. The molecule has 0 unspecified atom stereocenters. The molecule has 1 atom stereocenters. The van der Waals surface area contributed by atoms with Crippen LogP contribution in [-0.2, 0) is 7.05 Å². The Balaban J connectivity index is 1.43. The second-order valence-electron chi connectivity index (χ2n) is 8.42. The molecule has 1 fully saturated rings. The van der Waals surface area contributed by atoms with Gasteiger partial charge in [0.15, 0.2) is 0 Å². The Labute approximate surface area is 191 Å². The van der Waals surface area contributed by atoms with E-state index in [1.165, 1.54) is 4.68 Å². The van der Waals surface area contributed by atoms with E-state index in [4.69, 9.17) is 0 Å². The van der Waals surface area contributed by atoms with Crippen LogP contribution in [0.5, 0.6) is 0 Å². The standard InChI is InChI=1S/C25H26N6O2/c1-18-22(16-26-31(18)21-13-7-4-8-14-21)24(32)29-15-9-10-19(17-29)23-27-28(2)25(33)30(23)20-11-5-3-6-12-20/h3-8,11-14,16,19H,9-10,15,17H2,1-2H3/t19-/m1/s1. The van der Waals surface area contributed by atoms with Gasteiger partial charge in [-0.3, -0.25) is 4.79 Å². The summed E-state index contributed by atoms with van der Waals surface area (Å²) >= 11 is 0. The maximum atomic E-state index is 13.4. The lowest BCUT2D eigenvalue weighted by Crippen LogP contribution is -2.40. The largest absolute Gasteiger partial charge is 0.350 e. The van der Waals surface area contributed by atoms with Gasteiger partial charge in [0.05, 0.1) is 28.8 Å². The number of rotatable bonds is 4. The van der Waals surface area contributed by atoms with Crippen LogP contribution in [0.1, 0.15) is 40.6 Å². The highest BCUT2D eigenvalue weighted by Crippen LogP contribution is 2.28. The number of hydrogen-bond acceptors (Lipinski definition) is 4. The van der Waals surface area contributed by atoms with Gasteiger partial charge in [-0.05, 0) is 44.0 Å². The van der Waals surface area contributed by atoms with Gasteiger partial charge in [0, 0.05) is 26.1 Å². The zero-order valence-electron chi connectivity index (χ0n) is 18.8. The minimum absolute atomic E-state index is 0.0266. The number of likely N-dealkylation sites (tertiary alicyclic amines) is 1. The van der Waals surface area contributed by atoms with Crippen LogP contribution in [0, 0.1) is 6.92 Å². The van der Waals surface area contributed by atoms with Crippen LogP contribution in [0.25, 0.3) is 11.4 Å². The molecule has 0 N–H and O–H groups in total. The predicted octanol–water partition coefficient (Wildman–Crippen LogP) is 3.08. The van der Waals surface area contributed by atoms with Crippen molar-refractivity contribution in [3.63, 3.8) is 0 Å². The first-order chi connectivity index (χ1) is 16.0. The fraction of sp³-hybridized carbons (Fsp3) is 0.280. The van der Waals surface area contributed by atoms with E-state index >= 15 is 0 Å². The number of piperidine rings is 1. The quantitative estimate of drug-likeness (QED) is 0.487. The highest BCUT2D eigenvalue weighted by atomic mass is 16.2. The van der Waals surface area contributed by atoms with Crippen molar-refractivity contribution in [2.75, 3.05) is 13.1 Å². The summed E-state index contributed by atoms with van der Waals surface area (Å²) in [6, 6.07) is 19.3. The van der Waals surface area contributed by atoms with Crippen LogP contribution >= 0.6 is 0 Å². The third kappa shape index (κ3) is 3.77. The van der Waals surface area contributed by atoms with Gasteiger partial charge in [-0.2, -0.15) is 10.2 Å². The monoisotopic (exact) mass is 442 g/mol. The predicted molar refractivity (Wildman–Crippen MR) is 125 cm³/mol. The number of carbonyl (C=O) groups is 1. The molecule has 2 aromatic heterocycles. The Kier molecular flexibility index (Phi) is 5.42. The molecule has 0 aliphatic carbocycles. The zero-order chi connectivity index (χ0) is 22.9. The Morgan fingerprint density at radius 1 is 1.00 bits per heavy atom. The summed E-state index contributed by atoms with van der Waals surface area (Å²) in [4.78, 5) is 28.1. The summed E-state index contributed by atoms with van der Waals surface area (Å²) in [5, 5.41) is 9.01. The summed E-state index contributed by atoms with van der Waals surface area (Å²) < 4.78 is 4.83. The summed E-state index contributed by atoms with van der Waals surface area (Å²) in [5.41, 5.74) is 2.94. The molecule has 3 heterocycles. The number of amides is 1. The molecule has 1 aliphatic heterocycles. The van der Waals surface area contributed by atoms with Gasteiger partial charge < -0.3 is 4.90 Å². The minimum Gasteiger partial charge on any atom is -0.338 e. The molecule has 8 heteroatoms. The fourth-order valence-electron chi connectivity index (χ4n) is 4.56. The number of carbonyl (C=O) groups excluding carboxylic acids is 1. The highest BCUT2D eigenvalue weighted by molar-refractivity contribution is 5.95. The van der Waals surface area contributed by atoms with Crippen molar-refractivity contribution in [2.45, 2.75) is 25.7 Å². The maximum absolute atomic E-state index is 13.4. The zero-order valence-corrected chi connectivity index (χ0v) is 18.8. The Bertz CT molecular complexity index is 1340. The molecule has 33 heavy (non-hydrogen) atoms. The van der Waals surface area contributed by atoms with Crippen LogP contribution in [0.3, 0.4) is 0 Å². The average Bonchev–Trinajstić information content (AvgIpc) is 3.39. The lowest BCUT2D eigenvalue weighted by atomic mass is 9.96. The lowest BCUT2D eigenvalue weighted by Gasteiger charge is -2.32. The van der Waals surface area contributed by atoms with E-state index in [9.17, 15) is 9.59 Å². The smallest absolute Gasteiger partial charge is 0.338 e. The normalized spacial score (nSPS) is 16.2. The molecule has 0 saturated carbocycles. The molecule has 1 aliphatic rings. The molecule has 1 amide bonds. The topological polar surface area (TPSA) is 78.0 Å². The van der Waals surface area contributed by atoms with Gasteiger partial charge >= 0.3 is 5.69 Å². The molecular formula is C25H26N6O2. The van der Waals surface area contributed by atoms with Crippen LogP contribution in [0.4, 0.5) is 0 Å². The van der Waals surface area contributed by atoms with Crippen LogP contribution in [0.2, 0.25) is 0 Å². The molecule has 2 aromatic carbocycles. The molecule has 0 bridgehead atoms. The van der Waals surface area contributed by atoms with Gasteiger partial charge in [-0.15, -0.1) is 0 Å². The van der Waals surface area contributed by atoms with E-state index in [0.29, 0.717) is 24.5 Å². The van der Waals surface area contributed by atoms with Gasteiger partial charge in [0.1, 0.15) is 5.82 Å². The molecule has 1 saturated heterocycles. The molecule has 0 spiro atoms. The van der Waals surface area contributed by atoms with Crippen molar-refractivity contribution in [3.05, 3.63) is 94.4 Å². The highest BCUT2D eigenvalue weighted by Gasteiger charge is 2.31. The SMILES string of the molecule is Cc1c(C(=O)N2CCC[C@@H](c3nn(C)c(=O)n3-c3ccccc3)C2)cnn1-c1ccccc1. The maximum Gasteiger partial charge on any atom is 0.350 e. The summed E-state index contributed by atoms with van der Waals surface area (Å²) in [7, 11) is 1.67. The molecule has 8 nitrogen and oxygen atoms in total. The summed E-state index contributed by atoms with van der Waals surface area (Å²) in [6.45, 7) is 3.10.